The summed E-state index contributed by atoms with van der Waals surface area (Å²) in [4.78, 5) is 2.42. The second-order valence-corrected chi connectivity index (χ2v) is 17.2. The summed E-state index contributed by atoms with van der Waals surface area (Å²) in [5, 5.41) is 1.23. The Kier molecular flexibility index (Phi) is 9.57. The van der Waals surface area contributed by atoms with Crippen LogP contribution < -0.4 is 4.90 Å². The second kappa shape index (κ2) is 16.2. The summed E-state index contributed by atoms with van der Waals surface area (Å²) in [7, 11) is 0. The molecule has 0 saturated carbocycles. The van der Waals surface area contributed by atoms with Crippen LogP contribution in [0.25, 0.3) is 61.2 Å². The summed E-state index contributed by atoms with van der Waals surface area (Å²) in [5.41, 5.74) is 20.2. The topological polar surface area (TPSA) is 8.17 Å². The van der Waals surface area contributed by atoms with Crippen molar-refractivity contribution in [2.45, 2.75) is 18.3 Å². The number of rotatable bonds is 9. The van der Waals surface area contributed by atoms with Gasteiger partial charge < -0.3 is 9.47 Å². The molecule has 0 saturated heterocycles. The number of para-hydroxylation sites is 1. The van der Waals surface area contributed by atoms with Gasteiger partial charge in [-0.25, -0.2) is 0 Å². The van der Waals surface area contributed by atoms with Crippen LogP contribution in [0, 0.1) is 0 Å². The molecule has 1 aromatic heterocycles. The van der Waals surface area contributed by atoms with E-state index in [2.05, 4.69) is 264 Å². The minimum absolute atomic E-state index is 0.451. The van der Waals surface area contributed by atoms with Gasteiger partial charge in [0.2, 0.25) is 0 Å². The largest absolute Gasteiger partial charge is 0.310 e. The van der Waals surface area contributed by atoms with Crippen LogP contribution in [-0.4, -0.2) is 4.57 Å². The Morgan fingerprint density at radius 3 is 1.60 bits per heavy atom. The smallest absolute Gasteiger partial charge is 0.0711 e. The maximum atomic E-state index is 2.47. The first-order valence-electron chi connectivity index (χ1n) is 22.7. The van der Waals surface area contributed by atoms with Gasteiger partial charge in [0.15, 0.2) is 0 Å². The molecule has 0 aliphatic heterocycles. The average Bonchev–Trinajstić information content (AvgIpc) is 3.92. The molecule has 0 spiro atoms. The van der Waals surface area contributed by atoms with Gasteiger partial charge in [-0.2, -0.15) is 0 Å². The van der Waals surface area contributed by atoms with Crippen LogP contribution in [0.3, 0.4) is 0 Å². The lowest BCUT2D eigenvalue weighted by Gasteiger charge is -2.36. The molecule has 2 aliphatic rings. The van der Waals surface area contributed by atoms with E-state index in [1.54, 1.807) is 0 Å². The lowest BCUT2D eigenvalue weighted by Crippen LogP contribution is -2.29. The van der Waals surface area contributed by atoms with Crippen molar-refractivity contribution < 1.29 is 0 Å². The van der Waals surface area contributed by atoms with E-state index in [1.165, 1.54) is 77.8 Å². The van der Waals surface area contributed by atoms with E-state index in [1.807, 2.05) is 0 Å². The first kappa shape index (κ1) is 38.5. The zero-order valence-corrected chi connectivity index (χ0v) is 36.1. The Labute approximate surface area is 381 Å². The predicted molar refractivity (Wildman–Crippen MR) is 272 cm³/mol. The van der Waals surface area contributed by atoms with E-state index < -0.39 is 5.41 Å². The molecule has 65 heavy (non-hydrogen) atoms. The summed E-state index contributed by atoms with van der Waals surface area (Å²) in [6.07, 6.45) is 9.30. The third kappa shape index (κ3) is 6.57. The molecule has 0 N–H and O–H groups in total. The van der Waals surface area contributed by atoms with Crippen molar-refractivity contribution in [2.75, 3.05) is 4.90 Å². The number of fused-ring (bicyclic) bond motifs is 4. The highest BCUT2D eigenvalue weighted by molar-refractivity contribution is 5.91. The van der Waals surface area contributed by atoms with Gasteiger partial charge in [-0.1, -0.05) is 194 Å². The van der Waals surface area contributed by atoms with E-state index in [-0.39, 0.29) is 0 Å². The Morgan fingerprint density at radius 2 is 0.938 bits per heavy atom. The average molecular weight is 831 g/mol. The Bertz CT molecular complexity index is 3380. The van der Waals surface area contributed by atoms with E-state index >= 15 is 0 Å². The van der Waals surface area contributed by atoms with Crippen LogP contribution in [0.1, 0.15) is 29.5 Å². The molecule has 2 nitrogen and oxygen atoms in total. The molecule has 12 rings (SSSR count). The summed E-state index contributed by atoms with van der Waals surface area (Å²) in [6, 6.07) is 86.7. The zero-order valence-electron chi connectivity index (χ0n) is 36.1. The summed E-state index contributed by atoms with van der Waals surface area (Å²) in [6.45, 7) is 0. The monoisotopic (exact) mass is 830 g/mol. The van der Waals surface area contributed by atoms with Crippen LogP contribution in [0.5, 0.6) is 0 Å². The number of hydrogen-bond acceptors (Lipinski definition) is 1. The minimum atomic E-state index is -0.451. The summed E-state index contributed by atoms with van der Waals surface area (Å²) >= 11 is 0. The molecule has 2 aliphatic carbocycles. The van der Waals surface area contributed by atoms with Gasteiger partial charge in [-0.05, 0) is 135 Å². The quantitative estimate of drug-likeness (QED) is 0.141. The molecule has 0 amide bonds. The van der Waals surface area contributed by atoms with E-state index in [0.29, 0.717) is 0 Å². The van der Waals surface area contributed by atoms with E-state index in [9.17, 15) is 0 Å². The van der Waals surface area contributed by atoms with Crippen molar-refractivity contribution in [3.05, 3.63) is 277 Å². The normalized spacial score (nSPS) is 15.0. The molecule has 0 fully saturated rings. The number of benzene rings is 9. The fraction of sp³-hybridized carbons (Fsp3) is 0.0476. The molecule has 9 aromatic carbocycles. The highest BCUT2D eigenvalue weighted by Crippen LogP contribution is 2.58. The van der Waals surface area contributed by atoms with Gasteiger partial charge in [0, 0.05) is 28.1 Å². The van der Waals surface area contributed by atoms with Crippen molar-refractivity contribution in [1.29, 1.82) is 0 Å². The minimum Gasteiger partial charge on any atom is -0.310 e. The first-order chi connectivity index (χ1) is 32.2. The molecule has 308 valence electrons. The molecule has 1 atom stereocenters. The standard InChI is InChI=1S/C63H46N2/c1-5-17-45(18-6-1)46-29-35-53(36-30-46)64(56-41-42-58-57-26-14-15-27-59(57)63(60(58)44-56,51-22-9-3-10-23-51)52-24-11-4-12-25-52)54-37-31-47(32-38-54)48-33-39-55(40-34-48)65-61-28-16-13-21-50(61)43-62(65)49-19-7-2-8-20-49/h1-3,5-11,13-44H,4,12H2. The molecular formula is C63H46N2. The second-order valence-electron chi connectivity index (χ2n) is 17.2. The van der Waals surface area contributed by atoms with Crippen molar-refractivity contribution in [3.63, 3.8) is 0 Å². The molecule has 1 unspecified atom stereocenters. The fourth-order valence-electron chi connectivity index (χ4n) is 10.5. The molecule has 0 bridgehead atoms. The van der Waals surface area contributed by atoms with Gasteiger partial charge in [0.05, 0.1) is 16.6 Å². The van der Waals surface area contributed by atoms with Crippen LogP contribution >= 0.6 is 0 Å². The van der Waals surface area contributed by atoms with Crippen LogP contribution in [0.15, 0.2) is 260 Å². The van der Waals surface area contributed by atoms with Gasteiger partial charge in [0.1, 0.15) is 0 Å². The Hall–Kier alpha value is -8.20. The summed E-state index contributed by atoms with van der Waals surface area (Å²) in [5.74, 6) is 0. The van der Waals surface area contributed by atoms with Crippen molar-refractivity contribution >= 4 is 28.0 Å². The predicted octanol–water partition coefficient (Wildman–Crippen LogP) is 16.7. The number of aromatic nitrogens is 1. The van der Waals surface area contributed by atoms with Crippen molar-refractivity contribution in [2.24, 2.45) is 0 Å². The number of nitrogens with zero attached hydrogens (tertiary/aromatic N) is 2. The van der Waals surface area contributed by atoms with Crippen LogP contribution in [0.2, 0.25) is 0 Å². The molecular weight excluding hydrogens is 785 g/mol. The third-order valence-corrected chi connectivity index (χ3v) is 13.5. The first-order valence-corrected chi connectivity index (χ1v) is 22.7. The Balaban J connectivity index is 0.967. The van der Waals surface area contributed by atoms with Crippen molar-refractivity contribution in [1.82, 2.24) is 4.57 Å². The zero-order chi connectivity index (χ0) is 43.2. The van der Waals surface area contributed by atoms with Gasteiger partial charge in [0.25, 0.3) is 0 Å². The highest BCUT2D eigenvalue weighted by atomic mass is 15.1. The number of allylic oxidation sites excluding steroid dienone is 4. The number of anilines is 3. The Morgan fingerprint density at radius 1 is 0.400 bits per heavy atom. The molecule has 0 radical (unpaired) electrons. The lowest BCUT2D eigenvalue weighted by atomic mass is 9.66. The van der Waals surface area contributed by atoms with Crippen molar-refractivity contribution in [3.8, 4) is 50.3 Å². The van der Waals surface area contributed by atoms with Gasteiger partial charge in [-0.3, -0.25) is 0 Å². The van der Waals surface area contributed by atoms with Crippen LogP contribution in [-0.2, 0) is 5.41 Å². The summed E-state index contributed by atoms with van der Waals surface area (Å²) < 4.78 is 2.38. The molecule has 1 heterocycles. The molecule has 10 aromatic rings. The maximum Gasteiger partial charge on any atom is 0.0711 e. The SMILES string of the molecule is C1=CC(C2(c3ccccc3)c3ccccc3-c3ccc(N(c4ccc(-c5ccccc5)cc4)c4ccc(-c5ccc(-n6c(-c7ccccc7)cc7ccccc76)cc5)cc4)cc32)=CCC1. The van der Waals surface area contributed by atoms with E-state index in [0.717, 1.165) is 35.6 Å². The number of hydrogen-bond donors (Lipinski definition) is 0. The van der Waals surface area contributed by atoms with Crippen LogP contribution in [0.4, 0.5) is 17.1 Å². The highest BCUT2D eigenvalue weighted by Gasteiger charge is 2.47. The maximum absolute atomic E-state index is 2.47. The molecule has 2 heteroatoms. The van der Waals surface area contributed by atoms with Gasteiger partial charge >= 0.3 is 0 Å². The van der Waals surface area contributed by atoms with Gasteiger partial charge in [-0.15, -0.1) is 0 Å². The third-order valence-electron chi connectivity index (χ3n) is 13.5. The lowest BCUT2D eigenvalue weighted by molar-refractivity contribution is 0.751. The van der Waals surface area contributed by atoms with E-state index in [4.69, 9.17) is 0 Å². The fourth-order valence-corrected chi connectivity index (χ4v) is 10.5.